The van der Waals surface area contributed by atoms with Crippen molar-refractivity contribution in [1.82, 2.24) is 4.31 Å². The summed E-state index contributed by atoms with van der Waals surface area (Å²) < 4.78 is 26.9. The van der Waals surface area contributed by atoms with Crippen LogP contribution >= 0.6 is 0 Å². The molecule has 0 aromatic heterocycles. The van der Waals surface area contributed by atoms with Gasteiger partial charge in [-0.05, 0) is 44.1 Å². The van der Waals surface area contributed by atoms with Gasteiger partial charge in [0.2, 0.25) is 10.0 Å². The number of nitrogens with zero attached hydrogens (tertiary/aromatic N) is 3. The monoisotopic (exact) mass is 327 g/mol. The summed E-state index contributed by atoms with van der Waals surface area (Å²) in [4.78, 5) is 0.216. The fourth-order valence-corrected chi connectivity index (χ4v) is 3.83. The molecule has 1 aliphatic rings. The van der Waals surface area contributed by atoms with Crippen LogP contribution < -0.4 is 0 Å². The molecule has 23 heavy (non-hydrogen) atoms. The predicted octanol–water partition coefficient (Wildman–Crippen LogP) is 2.68. The molecule has 0 aliphatic carbocycles. The Morgan fingerprint density at radius 2 is 1.43 bits per heavy atom. The average molecular weight is 327 g/mol. The molecule has 118 valence electrons. The third-order valence-corrected chi connectivity index (χ3v) is 5.74. The van der Waals surface area contributed by atoms with Gasteiger partial charge < -0.3 is 0 Å². The molecule has 0 saturated carbocycles. The van der Waals surface area contributed by atoms with E-state index >= 15 is 0 Å². The number of nitriles is 2. The zero-order valence-electron chi connectivity index (χ0n) is 13.3. The average Bonchev–Trinajstić information content (AvgIpc) is 2.99. The summed E-state index contributed by atoms with van der Waals surface area (Å²) in [5.74, 6) is 0. The highest BCUT2D eigenvalue weighted by Crippen LogP contribution is 2.31. The minimum absolute atomic E-state index is 0.115. The zero-order valence-corrected chi connectivity index (χ0v) is 14.1. The van der Waals surface area contributed by atoms with Gasteiger partial charge in [0.15, 0.2) is 0 Å². The van der Waals surface area contributed by atoms with Gasteiger partial charge in [0.1, 0.15) is 0 Å². The molecule has 5 nitrogen and oxygen atoms in total. The maximum absolute atomic E-state index is 12.8. The second-order valence-electron chi connectivity index (χ2n) is 5.52. The van der Waals surface area contributed by atoms with Crippen LogP contribution in [0.1, 0.15) is 19.4 Å². The van der Waals surface area contributed by atoms with E-state index in [9.17, 15) is 8.42 Å². The third kappa shape index (κ3) is 3.19. The van der Waals surface area contributed by atoms with E-state index in [0.29, 0.717) is 22.3 Å². The lowest BCUT2D eigenvalue weighted by molar-refractivity contribution is 0.489. The Labute approximate surface area is 136 Å². The van der Waals surface area contributed by atoms with Gasteiger partial charge in [-0.1, -0.05) is 17.7 Å². The fraction of sp³-hybridized carbons (Fsp3) is 0.294. The van der Waals surface area contributed by atoms with Crippen molar-refractivity contribution in [2.45, 2.75) is 25.7 Å². The van der Waals surface area contributed by atoms with Crippen molar-refractivity contribution in [3.8, 4) is 12.1 Å². The first kappa shape index (κ1) is 17.0. The molecule has 0 N–H and O–H groups in total. The van der Waals surface area contributed by atoms with Crippen molar-refractivity contribution in [2.24, 2.45) is 0 Å². The minimum Gasteiger partial charge on any atom is -0.207 e. The molecular weight excluding hydrogens is 310 g/mol. The second kappa shape index (κ2) is 6.37. The fourth-order valence-electron chi connectivity index (χ4n) is 2.45. The SMILES string of the molecule is C/C(C#N)=C1\CN(S(=O)(=O)c2ccc(C)cc2)C\C1=C(/C)C#N. The van der Waals surface area contributed by atoms with Crippen LogP contribution in [0.3, 0.4) is 0 Å². The highest BCUT2D eigenvalue weighted by molar-refractivity contribution is 7.89. The van der Waals surface area contributed by atoms with Crippen LogP contribution in [0, 0.1) is 29.6 Å². The summed E-state index contributed by atoms with van der Waals surface area (Å²) >= 11 is 0. The van der Waals surface area contributed by atoms with Crippen molar-refractivity contribution in [3.63, 3.8) is 0 Å². The smallest absolute Gasteiger partial charge is 0.207 e. The summed E-state index contributed by atoms with van der Waals surface area (Å²) in [6.07, 6.45) is 0. The molecule has 1 heterocycles. The molecule has 0 unspecified atom stereocenters. The molecule has 0 bridgehead atoms. The minimum atomic E-state index is -3.66. The van der Waals surface area contributed by atoms with Gasteiger partial charge in [-0.3, -0.25) is 0 Å². The summed E-state index contributed by atoms with van der Waals surface area (Å²) in [5.41, 5.74) is 3.11. The molecule has 1 saturated heterocycles. The molecule has 1 aromatic rings. The van der Waals surface area contributed by atoms with Crippen molar-refractivity contribution < 1.29 is 8.42 Å². The lowest BCUT2D eigenvalue weighted by Crippen LogP contribution is -2.28. The Morgan fingerprint density at radius 1 is 1.00 bits per heavy atom. The van der Waals surface area contributed by atoms with E-state index in [1.165, 1.54) is 4.31 Å². The van der Waals surface area contributed by atoms with E-state index in [1.807, 2.05) is 19.1 Å². The number of benzene rings is 1. The van der Waals surface area contributed by atoms with Gasteiger partial charge in [0.25, 0.3) is 0 Å². The Kier molecular flexibility index (Phi) is 4.70. The van der Waals surface area contributed by atoms with Gasteiger partial charge in [0, 0.05) is 24.2 Å². The molecule has 1 fully saturated rings. The van der Waals surface area contributed by atoms with Crippen LogP contribution in [-0.4, -0.2) is 25.8 Å². The van der Waals surface area contributed by atoms with Crippen LogP contribution in [0.25, 0.3) is 0 Å². The van der Waals surface area contributed by atoms with E-state index in [2.05, 4.69) is 0 Å². The quantitative estimate of drug-likeness (QED) is 0.782. The first-order valence-electron chi connectivity index (χ1n) is 7.08. The van der Waals surface area contributed by atoms with Crippen LogP contribution in [0.5, 0.6) is 0 Å². The normalized spacial score (nSPS) is 19.9. The van der Waals surface area contributed by atoms with Gasteiger partial charge in [-0.15, -0.1) is 0 Å². The Balaban J connectivity index is 2.50. The van der Waals surface area contributed by atoms with Gasteiger partial charge in [-0.2, -0.15) is 14.8 Å². The summed E-state index contributed by atoms with van der Waals surface area (Å²) in [6, 6.07) is 10.7. The predicted molar refractivity (Wildman–Crippen MR) is 86.6 cm³/mol. The maximum Gasteiger partial charge on any atom is 0.243 e. The molecule has 0 amide bonds. The molecule has 0 radical (unpaired) electrons. The van der Waals surface area contributed by atoms with Gasteiger partial charge in [-0.25, -0.2) is 8.42 Å². The highest BCUT2D eigenvalue weighted by atomic mass is 32.2. The standard InChI is InChI=1S/C17H17N3O2S/c1-12-4-6-15(7-5-12)23(21,22)20-10-16(13(2)8-18)17(11-20)14(3)9-19/h4-7H,10-11H2,1-3H3/b16-13-,17-14-. The summed E-state index contributed by atoms with van der Waals surface area (Å²) in [5, 5.41) is 18.2. The lowest BCUT2D eigenvalue weighted by Gasteiger charge is -2.15. The van der Waals surface area contributed by atoms with Crippen LogP contribution in [0.15, 0.2) is 51.5 Å². The lowest BCUT2D eigenvalue weighted by atomic mass is 10.0. The van der Waals surface area contributed by atoms with E-state index in [4.69, 9.17) is 10.5 Å². The van der Waals surface area contributed by atoms with Crippen molar-refractivity contribution in [1.29, 1.82) is 10.5 Å². The number of sulfonamides is 1. The van der Waals surface area contributed by atoms with E-state index in [0.717, 1.165) is 5.56 Å². The molecule has 1 aromatic carbocycles. The van der Waals surface area contributed by atoms with E-state index in [1.54, 1.807) is 38.1 Å². The second-order valence-corrected chi connectivity index (χ2v) is 7.45. The van der Waals surface area contributed by atoms with Crippen molar-refractivity contribution in [2.75, 3.05) is 13.1 Å². The summed E-state index contributed by atoms with van der Waals surface area (Å²) in [6.45, 7) is 5.40. The Hall–Kier alpha value is -2.41. The number of aryl methyl sites for hydroxylation is 1. The Morgan fingerprint density at radius 3 is 1.83 bits per heavy atom. The van der Waals surface area contributed by atoms with E-state index < -0.39 is 10.0 Å². The largest absolute Gasteiger partial charge is 0.243 e. The molecular formula is C17H17N3O2S. The third-order valence-electron chi connectivity index (χ3n) is 3.93. The highest BCUT2D eigenvalue weighted by Gasteiger charge is 2.34. The maximum atomic E-state index is 12.8. The molecule has 0 atom stereocenters. The number of hydrogen-bond donors (Lipinski definition) is 0. The number of rotatable bonds is 2. The Bertz CT molecular complexity index is 841. The van der Waals surface area contributed by atoms with Crippen LogP contribution in [-0.2, 0) is 10.0 Å². The first-order chi connectivity index (χ1) is 10.8. The number of allylic oxidation sites excluding steroid dienone is 2. The van der Waals surface area contributed by atoms with Crippen LogP contribution in [0.2, 0.25) is 0 Å². The molecule has 0 spiro atoms. The van der Waals surface area contributed by atoms with Crippen molar-refractivity contribution in [3.05, 3.63) is 52.1 Å². The molecule has 2 rings (SSSR count). The van der Waals surface area contributed by atoms with Gasteiger partial charge in [0.05, 0.1) is 17.0 Å². The first-order valence-corrected chi connectivity index (χ1v) is 8.52. The van der Waals surface area contributed by atoms with Gasteiger partial charge >= 0.3 is 0 Å². The van der Waals surface area contributed by atoms with Crippen molar-refractivity contribution >= 4 is 10.0 Å². The topological polar surface area (TPSA) is 85.0 Å². The molecule has 6 heteroatoms. The summed E-state index contributed by atoms with van der Waals surface area (Å²) in [7, 11) is -3.66. The molecule has 1 aliphatic heterocycles. The number of hydrogen-bond acceptors (Lipinski definition) is 4. The van der Waals surface area contributed by atoms with E-state index in [-0.39, 0.29) is 18.0 Å². The zero-order chi connectivity index (χ0) is 17.2. The van der Waals surface area contributed by atoms with Crippen LogP contribution in [0.4, 0.5) is 0 Å².